The number of sulfonamides is 1. The molecule has 26 heavy (non-hydrogen) atoms. The summed E-state index contributed by atoms with van der Waals surface area (Å²) in [5.74, 6) is -0.186. The molecule has 0 aliphatic carbocycles. The Hall–Kier alpha value is -1.70. The highest BCUT2D eigenvalue weighted by Crippen LogP contribution is 2.42. The minimum Gasteiger partial charge on any atom is -0.395 e. The molecule has 1 N–H and O–H groups in total. The third-order valence-electron chi connectivity index (χ3n) is 4.92. The van der Waals surface area contributed by atoms with Crippen molar-refractivity contribution in [2.45, 2.75) is 38.3 Å². The first-order valence-corrected chi connectivity index (χ1v) is 10.6. The molecule has 3 atom stereocenters. The maximum absolute atomic E-state index is 12.2. The van der Waals surface area contributed by atoms with Crippen LogP contribution < -0.4 is 0 Å². The summed E-state index contributed by atoms with van der Waals surface area (Å²) < 4.78 is 25.8. The summed E-state index contributed by atoms with van der Waals surface area (Å²) in [5, 5.41) is 9.80. The van der Waals surface area contributed by atoms with E-state index in [1.54, 1.807) is 18.9 Å². The number of rotatable bonds is 7. The summed E-state index contributed by atoms with van der Waals surface area (Å²) in [4.78, 5) is 13.5. The quantitative estimate of drug-likeness (QED) is 0.781. The number of benzene rings is 1. The van der Waals surface area contributed by atoms with Crippen LogP contribution in [0.1, 0.15) is 37.3 Å². The van der Waals surface area contributed by atoms with Gasteiger partial charge in [-0.15, -0.1) is 0 Å². The van der Waals surface area contributed by atoms with Crippen molar-refractivity contribution in [3.05, 3.63) is 41.5 Å². The van der Waals surface area contributed by atoms with E-state index >= 15 is 0 Å². The number of amides is 1. The molecule has 1 aromatic rings. The second-order valence-corrected chi connectivity index (χ2v) is 8.62. The molecule has 7 heteroatoms. The van der Waals surface area contributed by atoms with Crippen molar-refractivity contribution >= 4 is 22.0 Å². The van der Waals surface area contributed by atoms with Crippen LogP contribution in [0.15, 0.2) is 30.3 Å². The Morgan fingerprint density at radius 3 is 2.35 bits per heavy atom. The highest BCUT2D eigenvalue weighted by molar-refractivity contribution is 7.88. The van der Waals surface area contributed by atoms with Crippen LogP contribution in [-0.2, 0) is 14.8 Å². The molecule has 1 aliphatic rings. The van der Waals surface area contributed by atoms with Crippen LogP contribution in [-0.4, -0.2) is 67.2 Å². The predicted octanol–water partition coefficient (Wildman–Crippen LogP) is 1.68. The average molecular weight is 381 g/mol. The average Bonchev–Trinajstić information content (AvgIpc) is 2.57. The van der Waals surface area contributed by atoms with Gasteiger partial charge < -0.3 is 10.0 Å². The van der Waals surface area contributed by atoms with Crippen molar-refractivity contribution in [3.63, 3.8) is 0 Å². The summed E-state index contributed by atoms with van der Waals surface area (Å²) in [6.07, 6.45) is 5.46. The monoisotopic (exact) mass is 380 g/mol. The van der Waals surface area contributed by atoms with Crippen molar-refractivity contribution in [1.29, 1.82) is 0 Å². The summed E-state index contributed by atoms with van der Waals surface area (Å²) in [6, 6.07) is 7.01. The SMILES string of the molecule is C/C=C/c1ccc([C@@H]2[C@@H](CN(C)C(=O)CC)N(S(C)(=O)=O)[C@H]2CO)cc1. The first-order valence-electron chi connectivity index (χ1n) is 8.80. The first kappa shape index (κ1) is 20.6. The standard InChI is InChI=1S/C19H28N2O4S/c1-5-7-14-8-10-15(11-9-14)19-16(12-20(3)18(23)6-2)21(17(19)13-22)26(4,24)25/h5,7-11,16-17,19,22H,6,12-13H2,1-4H3/b7-5+/t16-,17+,19-/m1/s1. The fraction of sp³-hybridized carbons (Fsp3) is 0.526. The number of hydrogen-bond acceptors (Lipinski definition) is 4. The molecule has 0 unspecified atom stereocenters. The van der Waals surface area contributed by atoms with E-state index in [1.807, 2.05) is 43.3 Å². The van der Waals surface area contributed by atoms with Crippen LogP contribution in [0.3, 0.4) is 0 Å². The van der Waals surface area contributed by atoms with Crippen LogP contribution in [0, 0.1) is 0 Å². The zero-order valence-electron chi connectivity index (χ0n) is 15.8. The molecule has 144 valence electrons. The largest absolute Gasteiger partial charge is 0.395 e. The normalized spacial score (nSPS) is 23.8. The van der Waals surface area contributed by atoms with Crippen molar-refractivity contribution in [2.24, 2.45) is 0 Å². The molecule has 1 aromatic carbocycles. The highest BCUT2D eigenvalue weighted by atomic mass is 32.2. The summed E-state index contributed by atoms with van der Waals surface area (Å²) in [5.41, 5.74) is 2.03. The van der Waals surface area contributed by atoms with Gasteiger partial charge in [-0.05, 0) is 18.1 Å². The third-order valence-corrected chi connectivity index (χ3v) is 6.23. The molecule has 1 amide bonds. The van der Waals surface area contributed by atoms with Crippen molar-refractivity contribution in [1.82, 2.24) is 9.21 Å². The van der Waals surface area contributed by atoms with Crippen LogP contribution in [0.2, 0.25) is 0 Å². The Labute approximate surface area is 156 Å². The maximum atomic E-state index is 12.2. The zero-order valence-corrected chi connectivity index (χ0v) is 16.6. The fourth-order valence-corrected chi connectivity index (χ4v) is 5.10. The molecule has 0 aromatic heterocycles. The number of carbonyl (C=O) groups excluding carboxylic acids is 1. The van der Waals surface area contributed by atoms with Gasteiger partial charge in [-0.25, -0.2) is 8.42 Å². The van der Waals surface area contributed by atoms with Crippen LogP contribution in [0.4, 0.5) is 0 Å². The van der Waals surface area contributed by atoms with Gasteiger partial charge in [0.15, 0.2) is 0 Å². The van der Waals surface area contributed by atoms with E-state index in [-0.39, 0.29) is 24.5 Å². The summed E-state index contributed by atoms with van der Waals surface area (Å²) >= 11 is 0. The van der Waals surface area contributed by atoms with Gasteiger partial charge in [0.05, 0.1) is 24.9 Å². The lowest BCUT2D eigenvalue weighted by molar-refractivity contribution is -0.131. The Balaban J connectivity index is 2.35. The molecule has 1 fully saturated rings. The van der Waals surface area contributed by atoms with Crippen LogP contribution in [0.25, 0.3) is 6.08 Å². The van der Waals surface area contributed by atoms with E-state index in [0.717, 1.165) is 17.4 Å². The first-order chi connectivity index (χ1) is 12.2. The molecule has 1 saturated heterocycles. The van der Waals surface area contributed by atoms with Crippen molar-refractivity contribution in [3.8, 4) is 0 Å². The number of carbonyl (C=O) groups is 1. The molecule has 0 saturated carbocycles. The molecule has 1 aliphatic heterocycles. The van der Waals surface area contributed by atoms with E-state index in [0.29, 0.717) is 13.0 Å². The van der Waals surface area contributed by atoms with Gasteiger partial charge in [0, 0.05) is 25.9 Å². The lowest BCUT2D eigenvalue weighted by Crippen LogP contribution is -2.68. The molecule has 6 nitrogen and oxygen atoms in total. The molecule has 0 spiro atoms. The van der Waals surface area contributed by atoms with Crippen molar-refractivity contribution < 1.29 is 18.3 Å². The predicted molar refractivity (Wildman–Crippen MR) is 103 cm³/mol. The minimum atomic E-state index is -3.49. The van der Waals surface area contributed by atoms with E-state index < -0.39 is 16.1 Å². The Kier molecular flexibility index (Phi) is 6.60. The number of aliphatic hydroxyl groups is 1. The second kappa shape index (κ2) is 8.33. The molecular weight excluding hydrogens is 352 g/mol. The Bertz CT molecular complexity index is 758. The summed E-state index contributed by atoms with van der Waals surface area (Å²) in [6.45, 7) is 3.78. The number of nitrogens with zero attached hydrogens (tertiary/aromatic N) is 2. The second-order valence-electron chi connectivity index (χ2n) is 6.73. The highest BCUT2D eigenvalue weighted by Gasteiger charge is 2.53. The van der Waals surface area contributed by atoms with E-state index in [4.69, 9.17) is 0 Å². The van der Waals surface area contributed by atoms with Gasteiger partial charge in [-0.3, -0.25) is 4.79 Å². The minimum absolute atomic E-state index is 0.0342. The smallest absolute Gasteiger partial charge is 0.222 e. The molecule has 0 bridgehead atoms. The number of aliphatic hydroxyl groups excluding tert-OH is 1. The van der Waals surface area contributed by atoms with Gasteiger partial charge in [0.1, 0.15) is 0 Å². The lowest BCUT2D eigenvalue weighted by Gasteiger charge is -2.54. The van der Waals surface area contributed by atoms with E-state index in [1.165, 1.54) is 4.31 Å². The number of likely N-dealkylation sites (N-methyl/N-ethyl adjacent to an activating group) is 1. The van der Waals surface area contributed by atoms with Crippen LogP contribution in [0.5, 0.6) is 0 Å². The van der Waals surface area contributed by atoms with E-state index in [2.05, 4.69) is 0 Å². The topological polar surface area (TPSA) is 77.9 Å². The number of hydrogen-bond donors (Lipinski definition) is 1. The van der Waals surface area contributed by atoms with Gasteiger partial charge in [-0.1, -0.05) is 43.3 Å². The van der Waals surface area contributed by atoms with E-state index in [9.17, 15) is 18.3 Å². The molecule has 1 heterocycles. The van der Waals surface area contributed by atoms with Gasteiger partial charge in [0.2, 0.25) is 15.9 Å². The molecule has 2 rings (SSSR count). The third kappa shape index (κ3) is 4.16. The van der Waals surface area contributed by atoms with Gasteiger partial charge >= 0.3 is 0 Å². The van der Waals surface area contributed by atoms with Gasteiger partial charge in [0.25, 0.3) is 0 Å². The zero-order chi connectivity index (χ0) is 19.5. The van der Waals surface area contributed by atoms with Gasteiger partial charge in [-0.2, -0.15) is 4.31 Å². The molecule has 0 radical (unpaired) electrons. The Morgan fingerprint density at radius 2 is 1.88 bits per heavy atom. The fourth-order valence-electron chi connectivity index (χ4n) is 3.72. The molecular formula is C19H28N2O4S. The Morgan fingerprint density at radius 1 is 1.27 bits per heavy atom. The lowest BCUT2D eigenvalue weighted by atomic mass is 9.77. The van der Waals surface area contributed by atoms with Crippen molar-refractivity contribution in [2.75, 3.05) is 26.5 Å². The van der Waals surface area contributed by atoms with Crippen LogP contribution >= 0.6 is 0 Å². The number of allylic oxidation sites excluding steroid dienone is 1. The summed E-state index contributed by atoms with van der Waals surface area (Å²) in [7, 11) is -1.80. The maximum Gasteiger partial charge on any atom is 0.222 e.